The van der Waals surface area contributed by atoms with Crippen LogP contribution in [0, 0.1) is 22.2 Å². The first-order valence-corrected chi connectivity index (χ1v) is 9.77. The number of anilines is 2. The van der Waals surface area contributed by atoms with E-state index in [1.54, 1.807) is 0 Å². The van der Waals surface area contributed by atoms with E-state index >= 15 is 0 Å². The lowest BCUT2D eigenvalue weighted by Gasteiger charge is -2.17. The number of aliphatic hydroxyl groups excluding tert-OH is 1. The van der Waals surface area contributed by atoms with Crippen LogP contribution in [-0.4, -0.2) is 23.7 Å². The van der Waals surface area contributed by atoms with E-state index in [2.05, 4.69) is 33.4 Å². The molecule has 2 rings (SSSR count). The highest BCUT2D eigenvalue weighted by molar-refractivity contribution is 14.1. The minimum atomic E-state index is -0.714. The second-order valence-electron chi connectivity index (χ2n) is 6.45. The summed E-state index contributed by atoms with van der Waals surface area (Å²) in [5.74, 6) is -1.25. The Hall–Kier alpha value is -1.42. The molecule has 1 unspecified atom stereocenters. The summed E-state index contributed by atoms with van der Waals surface area (Å²) < 4.78 is 15.0. The van der Waals surface area contributed by atoms with Crippen molar-refractivity contribution in [2.45, 2.75) is 26.9 Å². The molecule has 0 fully saturated rings. The van der Waals surface area contributed by atoms with E-state index in [0.29, 0.717) is 0 Å². The van der Waals surface area contributed by atoms with Crippen LogP contribution in [0.5, 0.6) is 0 Å². The van der Waals surface area contributed by atoms with Crippen LogP contribution in [-0.2, 0) is 4.84 Å². The molecule has 0 heterocycles. The van der Waals surface area contributed by atoms with Crippen molar-refractivity contribution in [2.75, 3.05) is 11.9 Å². The Bertz CT molecular complexity index is 833. The molecule has 1 amide bonds. The number of carbonyl (C=O) groups excluding carboxylic acids is 1. The summed E-state index contributed by atoms with van der Waals surface area (Å²) >= 11 is 8.04. The first-order valence-electron chi connectivity index (χ1n) is 8.31. The number of benzene rings is 2. The minimum absolute atomic E-state index is 0.0109. The summed E-state index contributed by atoms with van der Waals surface area (Å²) in [6.07, 6.45) is -0.714. The SMILES string of the molecule is Cc1cc(I)ccc1Nc1cc(F)c(Cl)cc1C(=O)NOCC(O)C(C)C. The molecule has 2 aromatic carbocycles. The summed E-state index contributed by atoms with van der Waals surface area (Å²) in [5, 5.41) is 12.6. The van der Waals surface area contributed by atoms with Gasteiger partial charge in [-0.25, -0.2) is 9.87 Å². The van der Waals surface area contributed by atoms with E-state index in [9.17, 15) is 14.3 Å². The standard InChI is InChI=1S/C19H21ClFIN2O3/c1-10(2)18(25)9-27-24-19(26)13-7-14(20)15(21)8-17(13)23-16-5-4-12(22)6-11(16)3/h4-8,10,18,23,25H,9H2,1-3H3,(H,24,26). The van der Waals surface area contributed by atoms with Crippen LogP contribution in [0.25, 0.3) is 0 Å². The molecule has 0 bridgehead atoms. The molecule has 0 aliphatic rings. The molecular formula is C19H21ClFIN2O3. The third-order valence-corrected chi connectivity index (χ3v) is 4.91. The Kier molecular flexibility index (Phi) is 7.84. The number of halogens is 3. The fourth-order valence-corrected chi connectivity index (χ4v) is 3.00. The molecule has 0 aliphatic carbocycles. The minimum Gasteiger partial charge on any atom is -0.390 e. The quantitative estimate of drug-likeness (QED) is 0.372. The fraction of sp³-hybridized carbons (Fsp3) is 0.316. The maximum absolute atomic E-state index is 14.0. The molecule has 0 saturated carbocycles. The lowest BCUT2D eigenvalue weighted by atomic mass is 10.1. The van der Waals surface area contributed by atoms with E-state index in [1.165, 1.54) is 6.07 Å². The largest absolute Gasteiger partial charge is 0.390 e. The van der Waals surface area contributed by atoms with E-state index in [0.717, 1.165) is 20.9 Å². The van der Waals surface area contributed by atoms with Crippen LogP contribution in [0.3, 0.4) is 0 Å². The van der Waals surface area contributed by atoms with Crippen LogP contribution in [0.15, 0.2) is 30.3 Å². The van der Waals surface area contributed by atoms with E-state index in [4.69, 9.17) is 16.4 Å². The van der Waals surface area contributed by atoms with Gasteiger partial charge in [0.05, 0.1) is 22.4 Å². The number of aliphatic hydroxyl groups is 1. The second-order valence-corrected chi connectivity index (χ2v) is 8.10. The zero-order valence-corrected chi connectivity index (χ0v) is 18.1. The number of amides is 1. The van der Waals surface area contributed by atoms with E-state index in [-0.39, 0.29) is 28.8 Å². The molecule has 0 aliphatic heterocycles. The maximum atomic E-state index is 14.0. The number of hydrogen-bond donors (Lipinski definition) is 3. The molecule has 0 spiro atoms. The van der Waals surface area contributed by atoms with Crippen LogP contribution in [0.1, 0.15) is 29.8 Å². The molecule has 27 heavy (non-hydrogen) atoms. The van der Waals surface area contributed by atoms with Crippen LogP contribution >= 0.6 is 34.2 Å². The van der Waals surface area contributed by atoms with Crippen molar-refractivity contribution < 1.29 is 19.1 Å². The van der Waals surface area contributed by atoms with Gasteiger partial charge >= 0.3 is 0 Å². The van der Waals surface area contributed by atoms with Crippen molar-refractivity contribution in [3.8, 4) is 0 Å². The number of hydrogen-bond acceptors (Lipinski definition) is 4. The van der Waals surface area contributed by atoms with Gasteiger partial charge in [0, 0.05) is 9.26 Å². The van der Waals surface area contributed by atoms with Gasteiger partial charge in [-0.3, -0.25) is 9.63 Å². The van der Waals surface area contributed by atoms with Crippen LogP contribution < -0.4 is 10.8 Å². The fourth-order valence-electron chi connectivity index (χ4n) is 2.19. The number of rotatable bonds is 7. The zero-order valence-electron chi connectivity index (χ0n) is 15.1. The highest BCUT2D eigenvalue weighted by Gasteiger charge is 2.17. The Morgan fingerprint density at radius 2 is 2.00 bits per heavy atom. The predicted octanol–water partition coefficient (Wildman–Crippen LogP) is 4.81. The third-order valence-electron chi connectivity index (χ3n) is 3.95. The van der Waals surface area contributed by atoms with Crippen molar-refractivity contribution in [2.24, 2.45) is 5.92 Å². The topological polar surface area (TPSA) is 70.6 Å². The summed E-state index contributed by atoms with van der Waals surface area (Å²) in [5.41, 5.74) is 4.32. The first kappa shape index (κ1) is 21.9. The molecule has 146 valence electrons. The summed E-state index contributed by atoms with van der Waals surface area (Å²) in [4.78, 5) is 17.5. The molecule has 8 heteroatoms. The third kappa shape index (κ3) is 6.03. The molecule has 5 nitrogen and oxygen atoms in total. The van der Waals surface area contributed by atoms with Crippen molar-refractivity contribution in [1.82, 2.24) is 5.48 Å². The summed E-state index contributed by atoms with van der Waals surface area (Å²) in [7, 11) is 0. The molecule has 0 aromatic heterocycles. The van der Waals surface area contributed by atoms with Gasteiger partial charge in [-0.15, -0.1) is 0 Å². The average Bonchev–Trinajstić information content (AvgIpc) is 2.59. The van der Waals surface area contributed by atoms with E-state index in [1.807, 2.05) is 39.0 Å². The van der Waals surface area contributed by atoms with Crippen molar-refractivity contribution in [1.29, 1.82) is 0 Å². The van der Waals surface area contributed by atoms with Gasteiger partial charge in [0.1, 0.15) is 12.4 Å². The number of hydroxylamine groups is 1. The van der Waals surface area contributed by atoms with Crippen molar-refractivity contribution in [3.63, 3.8) is 0 Å². The molecule has 2 aromatic rings. The summed E-state index contributed by atoms with van der Waals surface area (Å²) in [6, 6.07) is 8.11. The molecular weight excluding hydrogens is 486 g/mol. The molecule has 1 atom stereocenters. The number of aryl methyl sites for hydroxylation is 1. The predicted molar refractivity (Wildman–Crippen MR) is 113 cm³/mol. The molecule has 0 saturated heterocycles. The Labute approximate surface area is 176 Å². The average molecular weight is 507 g/mol. The Morgan fingerprint density at radius 1 is 1.30 bits per heavy atom. The summed E-state index contributed by atoms with van der Waals surface area (Å²) in [6.45, 7) is 5.52. The maximum Gasteiger partial charge on any atom is 0.277 e. The second kappa shape index (κ2) is 9.68. The normalized spacial score (nSPS) is 12.1. The highest BCUT2D eigenvalue weighted by Crippen LogP contribution is 2.29. The number of nitrogens with one attached hydrogen (secondary N) is 2. The van der Waals surface area contributed by atoms with E-state index < -0.39 is 17.8 Å². The Balaban J connectivity index is 2.22. The van der Waals surface area contributed by atoms with Gasteiger partial charge in [0.15, 0.2) is 0 Å². The van der Waals surface area contributed by atoms with Crippen molar-refractivity contribution in [3.05, 3.63) is 55.9 Å². The number of carbonyl (C=O) groups is 1. The van der Waals surface area contributed by atoms with Crippen LogP contribution in [0.2, 0.25) is 5.02 Å². The zero-order chi connectivity index (χ0) is 20.1. The monoisotopic (exact) mass is 506 g/mol. The highest BCUT2D eigenvalue weighted by atomic mass is 127. The lowest BCUT2D eigenvalue weighted by Crippen LogP contribution is -2.31. The van der Waals surface area contributed by atoms with Gasteiger partial charge < -0.3 is 10.4 Å². The lowest BCUT2D eigenvalue weighted by molar-refractivity contribution is -0.0267. The van der Waals surface area contributed by atoms with Gasteiger partial charge in [-0.05, 0) is 71.3 Å². The van der Waals surface area contributed by atoms with Gasteiger partial charge in [-0.2, -0.15) is 0 Å². The van der Waals surface area contributed by atoms with Crippen molar-refractivity contribution >= 4 is 51.5 Å². The first-order chi connectivity index (χ1) is 12.7. The van der Waals surface area contributed by atoms with Crippen LogP contribution in [0.4, 0.5) is 15.8 Å². The molecule has 0 radical (unpaired) electrons. The Morgan fingerprint density at radius 3 is 2.63 bits per heavy atom. The van der Waals surface area contributed by atoms with Gasteiger partial charge in [0.2, 0.25) is 0 Å². The molecule has 3 N–H and O–H groups in total. The smallest absolute Gasteiger partial charge is 0.277 e. The van der Waals surface area contributed by atoms with Gasteiger partial charge in [0.25, 0.3) is 5.91 Å². The van der Waals surface area contributed by atoms with Gasteiger partial charge in [-0.1, -0.05) is 25.4 Å².